The van der Waals surface area contributed by atoms with E-state index in [1.807, 2.05) is 0 Å². The van der Waals surface area contributed by atoms with Crippen LogP contribution >= 0.6 is 0 Å². The van der Waals surface area contributed by atoms with Crippen LogP contribution in [-0.2, 0) is 4.79 Å². The minimum atomic E-state index is -0.551. The minimum Gasteiger partial charge on any atom is -0.759 e. The molecule has 0 fully saturated rings. The van der Waals surface area contributed by atoms with E-state index in [9.17, 15) is 4.79 Å². The molecule has 0 radical (unpaired) electrons. The van der Waals surface area contributed by atoms with E-state index in [1.165, 1.54) is 0 Å². The van der Waals surface area contributed by atoms with Crippen molar-refractivity contribution < 1.29 is 34.4 Å². The molecule has 0 unspecified atom stereocenters. The third kappa shape index (κ3) is 8.83. The molecular formula is C2H4NNaO2. The standard InChI is InChI=1S/C2H4NO2.Na/c1-2(4)3-5;/h1H3,(H-,3,4,5);/q-1;+1. The van der Waals surface area contributed by atoms with Gasteiger partial charge in [-0.1, -0.05) is 0 Å². The van der Waals surface area contributed by atoms with Crippen LogP contribution in [-0.4, -0.2) is 5.91 Å². The molecule has 0 aliphatic heterocycles. The van der Waals surface area contributed by atoms with Crippen LogP contribution in [0.4, 0.5) is 0 Å². The molecule has 0 spiro atoms. The number of hydrogen-bond donors (Lipinski definition) is 1. The first-order valence-electron chi connectivity index (χ1n) is 1.16. The second-order valence-electron chi connectivity index (χ2n) is 0.658. The largest absolute Gasteiger partial charge is 1.00 e. The van der Waals surface area contributed by atoms with Crippen LogP contribution in [0.5, 0.6) is 0 Å². The van der Waals surface area contributed by atoms with Gasteiger partial charge in [0.1, 0.15) is 0 Å². The van der Waals surface area contributed by atoms with Crippen LogP contribution in [0.25, 0.3) is 0 Å². The number of carbonyl (C=O) groups is 1. The first-order valence-corrected chi connectivity index (χ1v) is 1.16. The number of nitrogens with one attached hydrogen (secondary N) is 1. The Morgan fingerprint density at radius 3 is 2.00 bits per heavy atom. The van der Waals surface area contributed by atoms with E-state index in [1.54, 1.807) is 0 Å². The summed E-state index contributed by atoms with van der Waals surface area (Å²) in [5.74, 6) is -0.551. The third-order valence-corrected chi connectivity index (χ3v) is 0.144. The maximum absolute atomic E-state index is 9.39. The Labute approximate surface area is 58.0 Å². The van der Waals surface area contributed by atoms with Gasteiger partial charge in [-0.15, -0.1) is 0 Å². The smallest absolute Gasteiger partial charge is 0.759 e. The summed E-state index contributed by atoms with van der Waals surface area (Å²) in [7, 11) is 0. The maximum Gasteiger partial charge on any atom is 1.00 e. The second-order valence-corrected chi connectivity index (χ2v) is 0.658. The van der Waals surface area contributed by atoms with Crippen LogP contribution in [0.2, 0.25) is 0 Å². The van der Waals surface area contributed by atoms with Crippen molar-refractivity contribution in [3.05, 3.63) is 5.21 Å². The van der Waals surface area contributed by atoms with Gasteiger partial charge in [0.2, 0.25) is 5.91 Å². The normalized spacial score (nSPS) is 5.67. The van der Waals surface area contributed by atoms with E-state index in [0.29, 0.717) is 0 Å². The minimum absolute atomic E-state index is 0. The topological polar surface area (TPSA) is 52.2 Å². The summed E-state index contributed by atoms with van der Waals surface area (Å²) in [5.41, 5.74) is 1.14. The second kappa shape index (κ2) is 5.43. The molecular weight excluding hydrogens is 93.0 g/mol. The van der Waals surface area contributed by atoms with Crippen molar-refractivity contribution in [3.8, 4) is 0 Å². The summed E-state index contributed by atoms with van der Waals surface area (Å²) in [4.78, 5) is 9.39. The SMILES string of the molecule is CC(=O)N[O-].[Na+]. The Hall–Kier alpha value is 0.430. The summed E-state index contributed by atoms with van der Waals surface area (Å²) in [5, 5.41) is 9.03. The molecule has 0 bridgehead atoms. The van der Waals surface area contributed by atoms with Gasteiger partial charge in [0, 0.05) is 6.92 Å². The number of hydrogen-bond acceptors (Lipinski definition) is 2. The molecule has 0 aromatic rings. The molecule has 3 nitrogen and oxygen atoms in total. The molecule has 4 heteroatoms. The third-order valence-electron chi connectivity index (χ3n) is 0.144. The van der Waals surface area contributed by atoms with Crippen molar-refractivity contribution in [2.45, 2.75) is 6.92 Å². The maximum atomic E-state index is 9.39. The van der Waals surface area contributed by atoms with Gasteiger partial charge >= 0.3 is 29.6 Å². The van der Waals surface area contributed by atoms with Crippen LogP contribution in [0, 0.1) is 5.21 Å². The molecule has 1 N–H and O–H groups in total. The fraction of sp³-hybridized carbons (Fsp3) is 0.500. The summed E-state index contributed by atoms with van der Waals surface area (Å²) in [6.07, 6.45) is 0. The number of hydroxylamine groups is 1. The average Bonchev–Trinajstić information content (AvgIpc) is 1.38. The van der Waals surface area contributed by atoms with Gasteiger partial charge < -0.3 is 10.7 Å². The molecule has 0 aliphatic carbocycles. The molecule has 0 aliphatic rings. The van der Waals surface area contributed by atoms with Crippen molar-refractivity contribution in [1.29, 1.82) is 0 Å². The first kappa shape index (κ1) is 9.66. The zero-order valence-corrected chi connectivity index (χ0v) is 5.82. The zero-order valence-electron chi connectivity index (χ0n) is 3.82. The molecule has 0 atom stereocenters. The Kier molecular flexibility index (Phi) is 8.74. The number of rotatable bonds is 0. The molecule has 0 aromatic carbocycles. The van der Waals surface area contributed by atoms with Crippen molar-refractivity contribution in [2.24, 2.45) is 0 Å². The van der Waals surface area contributed by atoms with Gasteiger partial charge in [-0.25, -0.2) is 0 Å². The van der Waals surface area contributed by atoms with Gasteiger partial charge in [-0.05, 0) is 0 Å². The van der Waals surface area contributed by atoms with Crippen molar-refractivity contribution in [1.82, 2.24) is 5.48 Å². The fourth-order valence-corrected chi connectivity index (χ4v) is 0. The van der Waals surface area contributed by atoms with E-state index in [2.05, 4.69) is 0 Å². The fourth-order valence-electron chi connectivity index (χ4n) is 0. The Bertz CT molecular complexity index is 46.8. The Balaban J connectivity index is 0. The van der Waals surface area contributed by atoms with Crippen LogP contribution in [0.3, 0.4) is 0 Å². The van der Waals surface area contributed by atoms with Gasteiger partial charge in [0.15, 0.2) is 0 Å². The summed E-state index contributed by atoms with van der Waals surface area (Å²) in [6.45, 7) is 1.16. The summed E-state index contributed by atoms with van der Waals surface area (Å²) < 4.78 is 0. The quantitative estimate of drug-likeness (QED) is 0.253. The number of carbonyl (C=O) groups excluding carboxylic acids is 1. The Morgan fingerprint density at radius 2 is 2.00 bits per heavy atom. The summed E-state index contributed by atoms with van der Waals surface area (Å²) >= 11 is 0. The van der Waals surface area contributed by atoms with Gasteiger partial charge in [0.25, 0.3) is 0 Å². The van der Waals surface area contributed by atoms with E-state index in [0.717, 1.165) is 12.4 Å². The zero-order chi connectivity index (χ0) is 4.28. The predicted molar refractivity (Wildman–Crippen MR) is 17.2 cm³/mol. The molecule has 0 heterocycles. The van der Waals surface area contributed by atoms with E-state index in [-0.39, 0.29) is 29.6 Å². The summed E-state index contributed by atoms with van der Waals surface area (Å²) in [6, 6.07) is 0. The van der Waals surface area contributed by atoms with E-state index < -0.39 is 5.91 Å². The molecule has 0 saturated heterocycles. The monoisotopic (exact) mass is 97.0 g/mol. The molecule has 30 valence electrons. The van der Waals surface area contributed by atoms with Crippen LogP contribution in [0.1, 0.15) is 6.92 Å². The van der Waals surface area contributed by atoms with Crippen molar-refractivity contribution in [2.75, 3.05) is 0 Å². The van der Waals surface area contributed by atoms with E-state index in [4.69, 9.17) is 5.21 Å². The molecule has 0 rings (SSSR count). The van der Waals surface area contributed by atoms with E-state index >= 15 is 0 Å². The van der Waals surface area contributed by atoms with Gasteiger partial charge in [0.05, 0.1) is 0 Å². The first-order chi connectivity index (χ1) is 2.27. The van der Waals surface area contributed by atoms with Crippen molar-refractivity contribution >= 4 is 5.91 Å². The van der Waals surface area contributed by atoms with Crippen LogP contribution in [0.15, 0.2) is 0 Å². The molecule has 0 aromatic heterocycles. The Morgan fingerprint density at radius 1 is 1.83 bits per heavy atom. The average molecular weight is 97.0 g/mol. The van der Waals surface area contributed by atoms with Gasteiger partial charge in [-0.2, -0.15) is 0 Å². The molecule has 6 heavy (non-hydrogen) atoms. The van der Waals surface area contributed by atoms with Crippen molar-refractivity contribution in [3.63, 3.8) is 0 Å². The van der Waals surface area contributed by atoms with Crippen LogP contribution < -0.4 is 35.0 Å². The molecule has 0 saturated carbocycles. The predicted octanol–water partition coefficient (Wildman–Crippen LogP) is -3.38. The number of amides is 1. The molecule has 1 amide bonds. The van der Waals surface area contributed by atoms with Gasteiger partial charge in [-0.3, -0.25) is 4.79 Å².